The van der Waals surface area contributed by atoms with Gasteiger partial charge < -0.3 is 11.1 Å². The highest BCUT2D eigenvalue weighted by atomic mass is 35.5. The van der Waals surface area contributed by atoms with E-state index < -0.39 is 6.04 Å². The Bertz CT molecular complexity index is 648. The van der Waals surface area contributed by atoms with Crippen LogP contribution in [-0.2, 0) is 4.79 Å². The Kier molecular flexibility index (Phi) is 5.80. The van der Waals surface area contributed by atoms with Gasteiger partial charge in [-0.25, -0.2) is 4.68 Å². The molecule has 6 heteroatoms. The van der Waals surface area contributed by atoms with Crippen LogP contribution in [0.25, 0.3) is 5.69 Å². The predicted octanol–water partition coefficient (Wildman–Crippen LogP) is 3.24. The second kappa shape index (κ2) is 7.62. The molecule has 1 saturated carbocycles. The lowest BCUT2D eigenvalue weighted by molar-refractivity contribution is -0.117. The van der Waals surface area contributed by atoms with Crippen molar-refractivity contribution < 1.29 is 4.79 Å². The van der Waals surface area contributed by atoms with Gasteiger partial charge in [0.05, 0.1) is 17.4 Å². The third kappa shape index (κ3) is 3.92. The Balaban J connectivity index is 0.00000192. The van der Waals surface area contributed by atoms with Crippen molar-refractivity contribution >= 4 is 24.1 Å². The molecule has 1 aromatic carbocycles. The maximum atomic E-state index is 11.9. The molecule has 3 N–H and O–H groups in total. The molecular formula is C17H23ClN4O. The predicted molar refractivity (Wildman–Crippen MR) is 94.3 cm³/mol. The van der Waals surface area contributed by atoms with Crippen LogP contribution in [-0.4, -0.2) is 21.7 Å². The first kappa shape index (κ1) is 17.5. The first-order valence-electron chi connectivity index (χ1n) is 7.87. The number of nitrogens with zero attached hydrogens (tertiary/aromatic N) is 2. The zero-order chi connectivity index (χ0) is 15.5. The number of aromatic nitrogens is 2. The molecule has 23 heavy (non-hydrogen) atoms. The van der Waals surface area contributed by atoms with Gasteiger partial charge in [0.25, 0.3) is 0 Å². The molecule has 124 valence electrons. The molecule has 1 aromatic heterocycles. The number of hydrogen-bond donors (Lipinski definition) is 2. The Morgan fingerprint density at radius 3 is 2.57 bits per heavy atom. The fraction of sp³-hybridized carbons (Fsp3) is 0.412. The first-order chi connectivity index (χ1) is 10.6. The summed E-state index contributed by atoms with van der Waals surface area (Å²) in [5, 5.41) is 7.62. The molecule has 0 spiro atoms. The van der Waals surface area contributed by atoms with Crippen LogP contribution in [0.15, 0.2) is 36.4 Å². The summed E-state index contributed by atoms with van der Waals surface area (Å²) in [7, 11) is 0. The maximum absolute atomic E-state index is 11.9. The van der Waals surface area contributed by atoms with Gasteiger partial charge in [-0.1, -0.05) is 31.0 Å². The molecule has 5 nitrogen and oxygen atoms in total. The van der Waals surface area contributed by atoms with Crippen LogP contribution in [0.4, 0.5) is 5.82 Å². The lowest BCUT2D eigenvalue weighted by atomic mass is 10.0. The van der Waals surface area contributed by atoms with Crippen molar-refractivity contribution in [2.75, 3.05) is 5.32 Å². The van der Waals surface area contributed by atoms with Crippen LogP contribution in [0.2, 0.25) is 0 Å². The summed E-state index contributed by atoms with van der Waals surface area (Å²) in [6.45, 7) is 1.68. The average molecular weight is 335 g/mol. The van der Waals surface area contributed by atoms with Crippen molar-refractivity contribution in [3.8, 4) is 5.69 Å². The summed E-state index contributed by atoms with van der Waals surface area (Å²) in [5.41, 5.74) is 7.65. The molecular weight excluding hydrogens is 312 g/mol. The van der Waals surface area contributed by atoms with Gasteiger partial charge in [0, 0.05) is 12.0 Å². The summed E-state index contributed by atoms with van der Waals surface area (Å²) >= 11 is 0. The monoisotopic (exact) mass is 334 g/mol. The van der Waals surface area contributed by atoms with E-state index in [1.165, 1.54) is 25.7 Å². The number of amides is 1. The van der Waals surface area contributed by atoms with Crippen LogP contribution in [0.3, 0.4) is 0 Å². The minimum atomic E-state index is -0.547. The van der Waals surface area contributed by atoms with Crippen LogP contribution in [0.5, 0.6) is 0 Å². The largest absolute Gasteiger partial charge is 0.320 e. The Morgan fingerprint density at radius 2 is 1.96 bits per heavy atom. The summed E-state index contributed by atoms with van der Waals surface area (Å²) in [6.07, 6.45) is 4.85. The van der Waals surface area contributed by atoms with E-state index in [0.717, 1.165) is 11.4 Å². The van der Waals surface area contributed by atoms with Gasteiger partial charge in [-0.3, -0.25) is 4.79 Å². The highest BCUT2D eigenvalue weighted by Crippen LogP contribution is 2.35. The van der Waals surface area contributed by atoms with Crippen molar-refractivity contribution in [1.29, 1.82) is 0 Å². The van der Waals surface area contributed by atoms with Crippen LogP contribution in [0.1, 0.15) is 44.2 Å². The van der Waals surface area contributed by atoms with Crippen molar-refractivity contribution in [3.05, 3.63) is 42.1 Å². The van der Waals surface area contributed by atoms with Gasteiger partial charge in [-0.05, 0) is 31.9 Å². The molecule has 0 saturated heterocycles. The molecule has 0 radical (unpaired) electrons. The van der Waals surface area contributed by atoms with E-state index in [2.05, 4.69) is 5.32 Å². The normalized spacial score (nSPS) is 15.9. The van der Waals surface area contributed by atoms with E-state index in [1.807, 2.05) is 36.4 Å². The number of carbonyl (C=O) groups excluding carboxylic acids is 1. The van der Waals surface area contributed by atoms with E-state index in [0.29, 0.717) is 11.7 Å². The zero-order valence-electron chi connectivity index (χ0n) is 13.2. The van der Waals surface area contributed by atoms with Gasteiger partial charge in [-0.15, -0.1) is 12.4 Å². The van der Waals surface area contributed by atoms with Crippen LogP contribution in [0, 0.1) is 0 Å². The number of anilines is 1. The van der Waals surface area contributed by atoms with E-state index in [9.17, 15) is 4.79 Å². The number of rotatable bonds is 4. The smallest absolute Gasteiger partial charge is 0.242 e. The number of hydrogen-bond acceptors (Lipinski definition) is 3. The minimum absolute atomic E-state index is 0. The van der Waals surface area contributed by atoms with E-state index in [-0.39, 0.29) is 18.3 Å². The van der Waals surface area contributed by atoms with E-state index >= 15 is 0 Å². The highest BCUT2D eigenvalue weighted by molar-refractivity contribution is 5.94. The second-order valence-corrected chi connectivity index (χ2v) is 5.96. The minimum Gasteiger partial charge on any atom is -0.320 e. The third-order valence-electron chi connectivity index (χ3n) is 4.17. The lowest BCUT2D eigenvalue weighted by Gasteiger charge is -2.10. The zero-order valence-corrected chi connectivity index (χ0v) is 14.1. The van der Waals surface area contributed by atoms with Gasteiger partial charge in [-0.2, -0.15) is 5.10 Å². The highest BCUT2D eigenvalue weighted by Gasteiger charge is 2.22. The molecule has 0 bridgehead atoms. The molecule has 0 unspecified atom stereocenters. The number of carbonyl (C=O) groups is 1. The number of para-hydroxylation sites is 1. The SMILES string of the molecule is C[C@H](N)C(=O)Nc1cc(C2CCCC2)nn1-c1ccccc1.Cl. The summed E-state index contributed by atoms with van der Waals surface area (Å²) < 4.78 is 1.80. The molecule has 1 fully saturated rings. The van der Waals surface area contributed by atoms with Crippen molar-refractivity contribution in [3.63, 3.8) is 0 Å². The van der Waals surface area contributed by atoms with Crippen molar-refractivity contribution in [1.82, 2.24) is 9.78 Å². The Morgan fingerprint density at radius 1 is 1.30 bits per heavy atom. The first-order valence-corrected chi connectivity index (χ1v) is 7.87. The fourth-order valence-corrected chi connectivity index (χ4v) is 2.92. The molecule has 2 aromatic rings. The topological polar surface area (TPSA) is 72.9 Å². The molecule has 1 amide bonds. The molecule has 1 heterocycles. The average Bonchev–Trinajstić information content (AvgIpc) is 3.17. The number of benzene rings is 1. The molecule has 1 atom stereocenters. The fourth-order valence-electron chi connectivity index (χ4n) is 2.92. The second-order valence-electron chi connectivity index (χ2n) is 5.96. The van der Waals surface area contributed by atoms with Crippen molar-refractivity contribution in [2.24, 2.45) is 5.73 Å². The van der Waals surface area contributed by atoms with E-state index in [4.69, 9.17) is 10.8 Å². The van der Waals surface area contributed by atoms with Gasteiger partial charge in [0.15, 0.2) is 0 Å². The Hall–Kier alpha value is -1.85. The third-order valence-corrected chi connectivity index (χ3v) is 4.17. The van der Waals surface area contributed by atoms with Crippen molar-refractivity contribution in [2.45, 2.75) is 44.6 Å². The summed E-state index contributed by atoms with van der Waals surface area (Å²) in [6, 6.07) is 11.3. The number of halogens is 1. The lowest BCUT2D eigenvalue weighted by Crippen LogP contribution is -2.33. The van der Waals surface area contributed by atoms with E-state index in [1.54, 1.807) is 11.6 Å². The summed E-state index contributed by atoms with van der Waals surface area (Å²) in [4.78, 5) is 11.9. The van der Waals surface area contributed by atoms with Crippen LogP contribution < -0.4 is 11.1 Å². The van der Waals surface area contributed by atoms with Gasteiger partial charge >= 0.3 is 0 Å². The molecule has 0 aliphatic heterocycles. The number of nitrogens with one attached hydrogen (secondary N) is 1. The quantitative estimate of drug-likeness (QED) is 0.901. The molecule has 3 rings (SSSR count). The number of nitrogens with two attached hydrogens (primary N) is 1. The maximum Gasteiger partial charge on any atom is 0.242 e. The Labute approximate surface area is 142 Å². The molecule has 1 aliphatic carbocycles. The molecule has 1 aliphatic rings. The van der Waals surface area contributed by atoms with Crippen LogP contribution >= 0.6 is 12.4 Å². The van der Waals surface area contributed by atoms with Gasteiger partial charge in [0.1, 0.15) is 5.82 Å². The summed E-state index contributed by atoms with van der Waals surface area (Å²) in [5.74, 6) is 0.987. The van der Waals surface area contributed by atoms with Gasteiger partial charge in [0.2, 0.25) is 5.91 Å². The standard InChI is InChI=1S/C17H22N4O.ClH/c1-12(18)17(22)19-16-11-15(13-7-5-6-8-13)20-21(16)14-9-3-2-4-10-14;/h2-4,9-13H,5-8,18H2,1H3,(H,19,22);1H/t12-;/m0./s1.